The molecule has 1 atom stereocenters. The van der Waals surface area contributed by atoms with Gasteiger partial charge in [-0.1, -0.05) is 12.1 Å². The highest BCUT2D eigenvalue weighted by molar-refractivity contribution is 5.94. The smallest absolute Gasteiger partial charge is 0.253 e. The van der Waals surface area contributed by atoms with Gasteiger partial charge in [0.1, 0.15) is 0 Å². The first-order valence-corrected chi connectivity index (χ1v) is 12.7. The fourth-order valence-corrected chi connectivity index (χ4v) is 5.94. The summed E-state index contributed by atoms with van der Waals surface area (Å²) in [4.78, 5) is 40.8. The molecule has 1 saturated carbocycles. The van der Waals surface area contributed by atoms with E-state index in [1.54, 1.807) is 19.0 Å². The fraction of sp³-hybridized carbons (Fsp3) is 0.556. The van der Waals surface area contributed by atoms with Crippen LogP contribution in [0, 0.1) is 5.41 Å². The Bertz CT molecular complexity index is 1060. The molecule has 3 heterocycles. The predicted molar refractivity (Wildman–Crippen MR) is 134 cm³/mol. The SMILES string of the molecule is CN(C)C(=O)c1ccc(-c2cnc(N3CCC[C@]4(CCN([C@H]5CC[C@H](O)CC5)C4=O)C3)nc2)cc1. The number of piperidine rings is 1. The van der Waals surface area contributed by atoms with Crippen molar-refractivity contribution in [2.45, 2.75) is 57.1 Å². The van der Waals surface area contributed by atoms with Crippen molar-refractivity contribution in [1.82, 2.24) is 19.8 Å². The molecule has 8 nitrogen and oxygen atoms in total. The minimum atomic E-state index is -0.342. The molecule has 0 radical (unpaired) electrons. The van der Waals surface area contributed by atoms with E-state index < -0.39 is 0 Å². The average molecular weight is 478 g/mol. The number of likely N-dealkylation sites (tertiary alicyclic amines) is 1. The summed E-state index contributed by atoms with van der Waals surface area (Å²) in [5.74, 6) is 0.926. The second-order valence-electron chi connectivity index (χ2n) is 10.6. The molecular formula is C27H35N5O3. The largest absolute Gasteiger partial charge is 0.393 e. The molecule has 35 heavy (non-hydrogen) atoms. The van der Waals surface area contributed by atoms with E-state index in [1.165, 1.54) is 0 Å². The monoisotopic (exact) mass is 477 g/mol. The number of aliphatic hydroxyl groups excluding tert-OH is 1. The van der Waals surface area contributed by atoms with Crippen molar-refractivity contribution in [2.24, 2.45) is 5.41 Å². The molecule has 1 aliphatic carbocycles. The van der Waals surface area contributed by atoms with Gasteiger partial charge >= 0.3 is 0 Å². The van der Waals surface area contributed by atoms with Crippen molar-refractivity contribution in [3.05, 3.63) is 42.2 Å². The van der Waals surface area contributed by atoms with Gasteiger partial charge in [-0.25, -0.2) is 9.97 Å². The lowest BCUT2D eigenvalue weighted by Gasteiger charge is -2.40. The molecule has 1 spiro atoms. The van der Waals surface area contributed by atoms with Crippen LogP contribution in [0.25, 0.3) is 11.1 Å². The molecule has 1 aromatic carbocycles. The summed E-state index contributed by atoms with van der Waals surface area (Å²) in [6, 6.07) is 7.76. The number of aromatic nitrogens is 2. The molecule has 0 bridgehead atoms. The van der Waals surface area contributed by atoms with E-state index >= 15 is 0 Å². The number of aliphatic hydroxyl groups is 1. The third kappa shape index (κ3) is 4.63. The zero-order valence-electron chi connectivity index (χ0n) is 20.7. The normalized spacial score (nSPS) is 26.9. The van der Waals surface area contributed by atoms with E-state index in [0.717, 1.165) is 69.2 Å². The molecule has 1 N–H and O–H groups in total. The maximum absolute atomic E-state index is 13.6. The van der Waals surface area contributed by atoms with Crippen LogP contribution in [-0.2, 0) is 4.79 Å². The van der Waals surface area contributed by atoms with Gasteiger partial charge in [-0.3, -0.25) is 9.59 Å². The van der Waals surface area contributed by atoms with Crippen molar-refractivity contribution >= 4 is 17.8 Å². The van der Waals surface area contributed by atoms with Crippen molar-refractivity contribution in [3.63, 3.8) is 0 Å². The van der Waals surface area contributed by atoms with E-state index in [-0.39, 0.29) is 29.4 Å². The van der Waals surface area contributed by atoms with Crippen LogP contribution < -0.4 is 4.90 Å². The van der Waals surface area contributed by atoms with Gasteiger partial charge in [0, 0.05) is 63.3 Å². The lowest BCUT2D eigenvalue weighted by atomic mass is 9.78. The summed E-state index contributed by atoms with van der Waals surface area (Å²) >= 11 is 0. The number of anilines is 1. The van der Waals surface area contributed by atoms with Gasteiger partial charge in [0.25, 0.3) is 5.91 Å². The highest BCUT2D eigenvalue weighted by atomic mass is 16.3. The quantitative estimate of drug-likeness (QED) is 0.728. The molecule has 5 rings (SSSR count). The lowest BCUT2D eigenvalue weighted by molar-refractivity contribution is -0.139. The van der Waals surface area contributed by atoms with Gasteiger partial charge in [-0.2, -0.15) is 0 Å². The first kappa shape index (κ1) is 23.7. The topological polar surface area (TPSA) is 89.9 Å². The van der Waals surface area contributed by atoms with Gasteiger partial charge in [0.05, 0.1) is 11.5 Å². The minimum absolute atomic E-state index is 0.0247. The number of hydrogen-bond acceptors (Lipinski definition) is 6. The van der Waals surface area contributed by atoms with Crippen LogP contribution in [0.15, 0.2) is 36.7 Å². The molecular weight excluding hydrogens is 442 g/mol. The number of rotatable bonds is 4. The Morgan fingerprint density at radius 2 is 1.69 bits per heavy atom. The van der Waals surface area contributed by atoms with Crippen LogP contribution in [0.3, 0.4) is 0 Å². The zero-order chi connectivity index (χ0) is 24.6. The summed E-state index contributed by atoms with van der Waals surface area (Å²) in [6.07, 6.45) is 9.60. The summed E-state index contributed by atoms with van der Waals surface area (Å²) in [5, 5.41) is 9.85. The van der Waals surface area contributed by atoms with Gasteiger partial charge in [-0.15, -0.1) is 0 Å². The molecule has 2 aliphatic heterocycles. The van der Waals surface area contributed by atoms with Crippen molar-refractivity contribution < 1.29 is 14.7 Å². The number of carbonyl (C=O) groups is 2. The van der Waals surface area contributed by atoms with Crippen molar-refractivity contribution in [3.8, 4) is 11.1 Å². The van der Waals surface area contributed by atoms with Crippen molar-refractivity contribution in [2.75, 3.05) is 38.6 Å². The number of hydrogen-bond donors (Lipinski definition) is 1. The summed E-state index contributed by atoms with van der Waals surface area (Å²) in [5.41, 5.74) is 2.16. The number of carbonyl (C=O) groups excluding carboxylic acids is 2. The van der Waals surface area contributed by atoms with Crippen LogP contribution in [0.1, 0.15) is 55.3 Å². The molecule has 0 unspecified atom stereocenters. The van der Waals surface area contributed by atoms with Gasteiger partial charge in [0.2, 0.25) is 11.9 Å². The average Bonchev–Trinajstić information content (AvgIpc) is 3.19. The molecule has 3 fully saturated rings. The molecule has 2 saturated heterocycles. The first-order chi connectivity index (χ1) is 16.9. The maximum Gasteiger partial charge on any atom is 0.253 e. The van der Waals surface area contributed by atoms with Crippen molar-refractivity contribution in [1.29, 1.82) is 0 Å². The van der Waals surface area contributed by atoms with Gasteiger partial charge in [-0.05, 0) is 62.6 Å². The Morgan fingerprint density at radius 3 is 2.34 bits per heavy atom. The van der Waals surface area contributed by atoms with E-state index in [0.29, 0.717) is 18.1 Å². The predicted octanol–water partition coefficient (Wildman–Crippen LogP) is 2.97. The Hall–Kier alpha value is -3.00. The Balaban J connectivity index is 1.26. The summed E-state index contributed by atoms with van der Waals surface area (Å²) in [7, 11) is 3.48. The molecule has 3 aliphatic rings. The Labute approximate surface area is 207 Å². The minimum Gasteiger partial charge on any atom is -0.393 e. The number of nitrogens with zero attached hydrogens (tertiary/aromatic N) is 5. The third-order valence-corrected chi connectivity index (χ3v) is 8.02. The van der Waals surface area contributed by atoms with Crippen LogP contribution in [0.4, 0.5) is 5.95 Å². The lowest BCUT2D eigenvalue weighted by Crippen LogP contribution is -2.50. The first-order valence-electron chi connectivity index (χ1n) is 12.7. The van der Waals surface area contributed by atoms with E-state index in [4.69, 9.17) is 0 Å². The Morgan fingerprint density at radius 1 is 1.00 bits per heavy atom. The second kappa shape index (κ2) is 9.57. The molecule has 186 valence electrons. The highest BCUT2D eigenvalue weighted by Crippen LogP contribution is 2.43. The number of benzene rings is 1. The molecule has 1 aromatic heterocycles. The number of amides is 2. The maximum atomic E-state index is 13.6. The summed E-state index contributed by atoms with van der Waals surface area (Å²) in [6.45, 7) is 2.34. The van der Waals surface area contributed by atoms with E-state index in [2.05, 4.69) is 19.8 Å². The molecule has 2 amide bonds. The zero-order valence-corrected chi connectivity index (χ0v) is 20.7. The second-order valence-corrected chi connectivity index (χ2v) is 10.6. The van der Waals surface area contributed by atoms with E-state index in [9.17, 15) is 14.7 Å². The van der Waals surface area contributed by atoms with Gasteiger partial charge in [0.15, 0.2) is 0 Å². The third-order valence-electron chi connectivity index (χ3n) is 8.02. The van der Waals surface area contributed by atoms with Crippen LogP contribution in [0.5, 0.6) is 0 Å². The highest BCUT2D eigenvalue weighted by Gasteiger charge is 2.51. The standard InChI is InChI=1S/C27H35N5O3/c1-30(2)24(34)20-6-4-19(5-7-20)21-16-28-26(29-17-21)31-14-3-12-27(18-31)13-15-32(25(27)35)22-8-10-23(33)11-9-22/h4-7,16-17,22-23,33H,3,8-15,18H2,1-2H3/t22-,23-,27-/m0/s1. The van der Waals surface area contributed by atoms with E-state index in [1.807, 2.05) is 36.7 Å². The fourth-order valence-electron chi connectivity index (χ4n) is 5.94. The summed E-state index contributed by atoms with van der Waals surface area (Å²) < 4.78 is 0. The molecule has 2 aromatic rings. The van der Waals surface area contributed by atoms with Crippen LogP contribution in [0.2, 0.25) is 0 Å². The van der Waals surface area contributed by atoms with Crippen LogP contribution in [-0.4, -0.2) is 82.6 Å². The van der Waals surface area contributed by atoms with Crippen LogP contribution >= 0.6 is 0 Å². The molecule has 8 heteroatoms. The Kier molecular flexibility index (Phi) is 6.49. The van der Waals surface area contributed by atoms with Gasteiger partial charge < -0.3 is 19.8 Å².